The molecule has 0 aliphatic carbocycles. The Kier molecular flexibility index (Phi) is 3.37. The molecule has 2 heterocycles. The Hall–Kier alpha value is -1.11. The quantitative estimate of drug-likeness (QED) is 0.625. The van der Waals surface area contributed by atoms with Crippen LogP contribution in [0.15, 0.2) is 11.8 Å². The summed E-state index contributed by atoms with van der Waals surface area (Å²) in [4.78, 5) is 13.2. The van der Waals surface area contributed by atoms with Crippen LogP contribution in [0.25, 0.3) is 0 Å². The molecular formula is C11H18N2O4. The Morgan fingerprint density at radius 3 is 2.94 bits per heavy atom. The summed E-state index contributed by atoms with van der Waals surface area (Å²) in [5.41, 5.74) is 1.02. The van der Waals surface area contributed by atoms with E-state index in [1.54, 1.807) is 6.20 Å². The molecule has 1 saturated heterocycles. The highest BCUT2D eigenvalue weighted by atomic mass is 16.5. The first-order valence-corrected chi connectivity index (χ1v) is 5.74. The number of carbonyl (C=O) groups excluding carboxylic acids is 1. The topological polar surface area (TPSA) is 82.0 Å². The Labute approximate surface area is 99.9 Å². The van der Waals surface area contributed by atoms with Crippen molar-refractivity contribution in [1.29, 1.82) is 0 Å². The van der Waals surface area contributed by atoms with Gasteiger partial charge in [0.05, 0.1) is 18.8 Å². The molecule has 3 N–H and O–H groups in total. The van der Waals surface area contributed by atoms with Crippen molar-refractivity contribution >= 4 is 6.03 Å². The van der Waals surface area contributed by atoms with Gasteiger partial charge in [-0.25, -0.2) is 4.79 Å². The van der Waals surface area contributed by atoms with E-state index < -0.39 is 18.4 Å². The van der Waals surface area contributed by atoms with Crippen LogP contribution in [0.2, 0.25) is 0 Å². The minimum atomic E-state index is -0.731. The summed E-state index contributed by atoms with van der Waals surface area (Å²) in [6.45, 7) is 3.58. The third-order valence-electron chi connectivity index (χ3n) is 3.29. The van der Waals surface area contributed by atoms with Crippen molar-refractivity contribution in [3.05, 3.63) is 11.8 Å². The predicted octanol–water partition coefficient (Wildman–Crippen LogP) is -0.228. The largest absolute Gasteiger partial charge is 0.394 e. The fraction of sp³-hybridized carbons (Fsp3) is 0.727. The summed E-state index contributed by atoms with van der Waals surface area (Å²) in [5, 5.41) is 21.4. The lowest BCUT2D eigenvalue weighted by molar-refractivity contribution is -0.0544. The van der Waals surface area contributed by atoms with Crippen LogP contribution in [0.1, 0.15) is 20.3 Å². The smallest absolute Gasteiger partial charge is 0.324 e. The number of nitrogens with one attached hydrogen (secondary N) is 1. The number of amides is 2. The Balaban J connectivity index is 2.11. The number of urea groups is 1. The van der Waals surface area contributed by atoms with Gasteiger partial charge in [0, 0.05) is 12.6 Å². The number of carbonyl (C=O) groups is 1. The number of aliphatic hydroxyl groups is 2. The molecule has 6 nitrogen and oxygen atoms in total. The summed E-state index contributed by atoms with van der Waals surface area (Å²) in [5.74, 6) is 0. The molecule has 2 amide bonds. The van der Waals surface area contributed by atoms with Gasteiger partial charge in [0.25, 0.3) is 0 Å². The standard InChI is InChI=1S/C11H18N2O4/c1-6-4-13(11(16)12-7(6)2)10-3-8(15)9(5-14)17-10/h4,7-10,14-15H,3,5H2,1-2H3,(H,12,16)/t7?,8-,9+,10+/m0/s1. The van der Waals surface area contributed by atoms with Gasteiger partial charge < -0.3 is 20.3 Å². The molecule has 2 rings (SSSR count). The summed E-state index contributed by atoms with van der Waals surface area (Å²) < 4.78 is 5.44. The van der Waals surface area contributed by atoms with E-state index >= 15 is 0 Å². The van der Waals surface area contributed by atoms with Crippen LogP contribution in [0.4, 0.5) is 4.79 Å². The maximum Gasteiger partial charge on any atom is 0.324 e. The first kappa shape index (κ1) is 12.3. The highest BCUT2D eigenvalue weighted by Crippen LogP contribution is 2.25. The first-order chi connectivity index (χ1) is 8.02. The van der Waals surface area contributed by atoms with E-state index in [0.717, 1.165) is 5.57 Å². The Bertz CT molecular complexity index is 344. The van der Waals surface area contributed by atoms with E-state index in [1.807, 2.05) is 13.8 Å². The summed E-state index contributed by atoms with van der Waals surface area (Å²) >= 11 is 0. The average Bonchev–Trinajstić information content (AvgIpc) is 2.65. The van der Waals surface area contributed by atoms with E-state index in [0.29, 0.717) is 6.42 Å². The second-order valence-corrected chi connectivity index (χ2v) is 4.57. The molecule has 96 valence electrons. The molecule has 0 aromatic heterocycles. The van der Waals surface area contributed by atoms with E-state index in [2.05, 4.69) is 5.32 Å². The number of nitrogens with zero attached hydrogens (tertiary/aromatic N) is 1. The molecule has 0 saturated carbocycles. The van der Waals surface area contributed by atoms with E-state index in [-0.39, 0.29) is 18.7 Å². The van der Waals surface area contributed by atoms with E-state index in [4.69, 9.17) is 9.84 Å². The van der Waals surface area contributed by atoms with Gasteiger partial charge in [0.15, 0.2) is 0 Å². The van der Waals surface area contributed by atoms with Gasteiger partial charge in [-0.2, -0.15) is 0 Å². The van der Waals surface area contributed by atoms with Gasteiger partial charge in [0.1, 0.15) is 12.3 Å². The van der Waals surface area contributed by atoms with Crippen LogP contribution >= 0.6 is 0 Å². The van der Waals surface area contributed by atoms with Crippen molar-refractivity contribution in [1.82, 2.24) is 10.2 Å². The van der Waals surface area contributed by atoms with Crippen molar-refractivity contribution in [2.75, 3.05) is 6.61 Å². The van der Waals surface area contributed by atoms with Crippen molar-refractivity contribution in [2.45, 2.75) is 44.7 Å². The predicted molar refractivity (Wildman–Crippen MR) is 60.0 cm³/mol. The van der Waals surface area contributed by atoms with Gasteiger partial charge >= 0.3 is 6.03 Å². The van der Waals surface area contributed by atoms with Gasteiger partial charge in [-0.3, -0.25) is 4.90 Å². The highest BCUT2D eigenvalue weighted by molar-refractivity contribution is 5.77. The van der Waals surface area contributed by atoms with E-state index in [1.165, 1.54) is 4.90 Å². The second-order valence-electron chi connectivity index (χ2n) is 4.57. The zero-order valence-corrected chi connectivity index (χ0v) is 9.96. The summed E-state index contributed by atoms with van der Waals surface area (Å²) in [6, 6.07) is -0.224. The van der Waals surface area contributed by atoms with Crippen molar-refractivity contribution in [2.24, 2.45) is 0 Å². The third-order valence-corrected chi connectivity index (χ3v) is 3.29. The van der Waals surface area contributed by atoms with Crippen LogP contribution in [0, 0.1) is 0 Å². The molecule has 1 fully saturated rings. The Morgan fingerprint density at radius 2 is 2.35 bits per heavy atom. The molecule has 4 atom stereocenters. The molecular weight excluding hydrogens is 224 g/mol. The molecule has 0 bridgehead atoms. The summed E-state index contributed by atoms with van der Waals surface area (Å²) in [7, 11) is 0. The zero-order valence-electron chi connectivity index (χ0n) is 9.96. The molecule has 17 heavy (non-hydrogen) atoms. The zero-order chi connectivity index (χ0) is 12.6. The van der Waals surface area contributed by atoms with Crippen LogP contribution in [0.5, 0.6) is 0 Å². The van der Waals surface area contributed by atoms with Gasteiger partial charge in [-0.1, -0.05) is 0 Å². The van der Waals surface area contributed by atoms with Crippen LogP contribution in [-0.4, -0.2) is 52.2 Å². The number of hydrogen-bond donors (Lipinski definition) is 3. The molecule has 0 spiro atoms. The van der Waals surface area contributed by atoms with Gasteiger partial charge in [-0.05, 0) is 19.4 Å². The van der Waals surface area contributed by atoms with Crippen LogP contribution in [-0.2, 0) is 4.74 Å². The maximum atomic E-state index is 11.8. The lowest BCUT2D eigenvalue weighted by Crippen LogP contribution is -2.50. The second kappa shape index (κ2) is 4.64. The minimum absolute atomic E-state index is 0.0127. The fourth-order valence-corrected chi connectivity index (χ4v) is 2.03. The van der Waals surface area contributed by atoms with Crippen molar-refractivity contribution < 1.29 is 19.7 Å². The SMILES string of the molecule is CC1=CN([C@H]2C[C@H](O)[C@@H](CO)O2)C(=O)NC1C. The molecule has 0 aromatic rings. The Morgan fingerprint density at radius 1 is 1.65 bits per heavy atom. The number of hydrogen-bond acceptors (Lipinski definition) is 4. The van der Waals surface area contributed by atoms with Gasteiger partial charge in [0.2, 0.25) is 0 Å². The first-order valence-electron chi connectivity index (χ1n) is 5.74. The molecule has 2 aliphatic rings. The van der Waals surface area contributed by atoms with Crippen molar-refractivity contribution in [3.63, 3.8) is 0 Å². The van der Waals surface area contributed by atoms with Crippen LogP contribution < -0.4 is 5.32 Å². The summed E-state index contributed by atoms with van der Waals surface area (Å²) in [6.07, 6.45) is 0.202. The fourth-order valence-electron chi connectivity index (χ4n) is 2.03. The third kappa shape index (κ3) is 2.29. The van der Waals surface area contributed by atoms with Crippen molar-refractivity contribution in [3.8, 4) is 0 Å². The molecule has 0 aromatic carbocycles. The molecule has 0 radical (unpaired) electrons. The normalized spacial score (nSPS) is 38.0. The number of aliphatic hydroxyl groups excluding tert-OH is 2. The average molecular weight is 242 g/mol. The lowest BCUT2D eigenvalue weighted by Gasteiger charge is -2.32. The maximum absolute atomic E-state index is 11.8. The van der Waals surface area contributed by atoms with E-state index in [9.17, 15) is 9.90 Å². The molecule has 6 heteroatoms. The molecule has 2 aliphatic heterocycles. The number of ether oxygens (including phenoxy) is 1. The monoisotopic (exact) mass is 242 g/mol. The highest BCUT2D eigenvalue weighted by Gasteiger charge is 2.39. The lowest BCUT2D eigenvalue weighted by atomic mass is 10.1. The molecule has 1 unspecified atom stereocenters. The number of rotatable bonds is 2. The van der Waals surface area contributed by atoms with Crippen LogP contribution in [0.3, 0.4) is 0 Å². The minimum Gasteiger partial charge on any atom is -0.394 e. The van der Waals surface area contributed by atoms with Gasteiger partial charge in [-0.15, -0.1) is 0 Å².